The van der Waals surface area contributed by atoms with E-state index in [1.54, 1.807) is 0 Å². The van der Waals surface area contributed by atoms with E-state index >= 15 is 0 Å². The van der Waals surface area contributed by atoms with E-state index in [1.807, 2.05) is 0 Å². The number of carbonyl (C=O) groups excluding carboxylic acids is 1. The number of hydrogen-bond acceptors (Lipinski definition) is 3. The summed E-state index contributed by atoms with van der Waals surface area (Å²) in [4.78, 5) is 12.4. The van der Waals surface area contributed by atoms with Crippen LogP contribution >= 0.6 is 12.4 Å². The molecule has 2 heterocycles. The Labute approximate surface area is 134 Å². The van der Waals surface area contributed by atoms with Crippen LogP contribution in [0.25, 0.3) is 0 Å². The molecule has 1 amide bonds. The normalized spacial score (nSPS) is 34.6. The van der Waals surface area contributed by atoms with Gasteiger partial charge in [0.25, 0.3) is 0 Å². The first-order valence-corrected chi connectivity index (χ1v) is 8.38. The van der Waals surface area contributed by atoms with Crippen molar-refractivity contribution < 1.29 is 9.53 Å². The first-order valence-electron chi connectivity index (χ1n) is 8.38. The summed E-state index contributed by atoms with van der Waals surface area (Å²) in [6.45, 7) is 3.84. The van der Waals surface area contributed by atoms with Crippen molar-refractivity contribution in [2.24, 2.45) is 11.8 Å². The zero-order valence-corrected chi connectivity index (χ0v) is 13.8. The predicted molar refractivity (Wildman–Crippen MR) is 85.7 cm³/mol. The number of nitrogens with one attached hydrogen (secondary N) is 2. The van der Waals surface area contributed by atoms with E-state index < -0.39 is 0 Å². The summed E-state index contributed by atoms with van der Waals surface area (Å²) in [5, 5.41) is 6.81. The van der Waals surface area contributed by atoms with Crippen LogP contribution in [-0.2, 0) is 9.53 Å². The third-order valence-electron chi connectivity index (χ3n) is 5.52. The first-order chi connectivity index (χ1) is 9.74. The summed E-state index contributed by atoms with van der Waals surface area (Å²) in [5.41, 5.74) is 0. The third-order valence-corrected chi connectivity index (χ3v) is 5.52. The number of amides is 1. The lowest BCUT2D eigenvalue weighted by atomic mass is 9.85. The molecule has 122 valence electrons. The molecule has 1 saturated carbocycles. The fourth-order valence-corrected chi connectivity index (χ4v) is 4.18. The minimum atomic E-state index is 0. The molecule has 0 spiro atoms. The number of carbonyl (C=O) groups is 1. The highest BCUT2D eigenvalue weighted by atomic mass is 35.5. The van der Waals surface area contributed by atoms with Gasteiger partial charge in [-0.15, -0.1) is 12.4 Å². The van der Waals surface area contributed by atoms with E-state index in [4.69, 9.17) is 4.74 Å². The van der Waals surface area contributed by atoms with Gasteiger partial charge in [0.05, 0.1) is 6.04 Å². The molecule has 0 bridgehead atoms. The molecule has 0 radical (unpaired) electrons. The van der Waals surface area contributed by atoms with Gasteiger partial charge in [-0.2, -0.15) is 0 Å². The molecule has 3 rings (SSSR count). The number of fused-ring (bicyclic) bond motifs is 1. The standard InChI is InChI=1S/C16H28N2O2.ClH/c1-11(12-6-8-20-9-7-12)17-16(19)15-10-13-4-2-3-5-14(13)18-15;/h11-15,18H,2-10H2,1H3,(H,17,19);1H. The zero-order chi connectivity index (χ0) is 13.9. The van der Waals surface area contributed by atoms with Crippen molar-refractivity contribution in [1.29, 1.82) is 0 Å². The Morgan fingerprint density at radius 1 is 1.19 bits per heavy atom. The fraction of sp³-hybridized carbons (Fsp3) is 0.938. The van der Waals surface area contributed by atoms with Gasteiger partial charge in [-0.05, 0) is 50.9 Å². The van der Waals surface area contributed by atoms with Gasteiger partial charge in [0.2, 0.25) is 5.91 Å². The topological polar surface area (TPSA) is 50.4 Å². The monoisotopic (exact) mass is 316 g/mol. The van der Waals surface area contributed by atoms with Gasteiger partial charge < -0.3 is 15.4 Å². The highest BCUT2D eigenvalue weighted by Gasteiger charge is 2.38. The van der Waals surface area contributed by atoms with E-state index in [0.29, 0.717) is 12.0 Å². The molecule has 3 fully saturated rings. The van der Waals surface area contributed by atoms with Crippen LogP contribution in [0.5, 0.6) is 0 Å². The molecule has 2 saturated heterocycles. The summed E-state index contributed by atoms with van der Waals surface area (Å²) >= 11 is 0. The maximum absolute atomic E-state index is 12.4. The molecule has 3 aliphatic rings. The molecule has 21 heavy (non-hydrogen) atoms. The Morgan fingerprint density at radius 2 is 1.90 bits per heavy atom. The summed E-state index contributed by atoms with van der Waals surface area (Å²) in [5.74, 6) is 1.53. The second kappa shape index (κ2) is 7.80. The summed E-state index contributed by atoms with van der Waals surface area (Å²) in [7, 11) is 0. The molecule has 4 atom stereocenters. The Bertz CT molecular complexity index is 333. The first kappa shape index (κ1) is 17.0. The number of halogens is 1. The molecule has 4 nitrogen and oxygen atoms in total. The van der Waals surface area contributed by atoms with Gasteiger partial charge in [0, 0.05) is 25.3 Å². The highest BCUT2D eigenvalue weighted by molar-refractivity contribution is 5.85. The Kier molecular flexibility index (Phi) is 6.33. The van der Waals surface area contributed by atoms with Crippen LogP contribution in [0.15, 0.2) is 0 Å². The lowest BCUT2D eigenvalue weighted by molar-refractivity contribution is -0.124. The van der Waals surface area contributed by atoms with Crippen molar-refractivity contribution >= 4 is 18.3 Å². The van der Waals surface area contributed by atoms with Crippen LogP contribution in [-0.4, -0.2) is 37.2 Å². The van der Waals surface area contributed by atoms with Gasteiger partial charge in [0.15, 0.2) is 0 Å². The van der Waals surface area contributed by atoms with Gasteiger partial charge >= 0.3 is 0 Å². The van der Waals surface area contributed by atoms with Crippen LogP contribution in [0.3, 0.4) is 0 Å². The smallest absolute Gasteiger partial charge is 0.237 e. The van der Waals surface area contributed by atoms with Crippen LogP contribution in [0, 0.1) is 11.8 Å². The molecule has 5 heteroatoms. The molecule has 2 aliphatic heterocycles. The van der Waals surface area contributed by atoms with Crippen molar-refractivity contribution in [1.82, 2.24) is 10.6 Å². The number of hydrogen-bond donors (Lipinski definition) is 2. The fourth-order valence-electron chi connectivity index (χ4n) is 4.18. The van der Waals surface area contributed by atoms with E-state index in [2.05, 4.69) is 17.6 Å². The molecule has 2 N–H and O–H groups in total. The van der Waals surface area contributed by atoms with Gasteiger partial charge in [-0.1, -0.05) is 12.8 Å². The van der Waals surface area contributed by atoms with Crippen molar-refractivity contribution in [3.8, 4) is 0 Å². The molecular weight excluding hydrogens is 288 g/mol. The average Bonchev–Trinajstić information content (AvgIpc) is 2.92. The minimum absolute atomic E-state index is 0. The van der Waals surface area contributed by atoms with Crippen molar-refractivity contribution in [2.75, 3.05) is 13.2 Å². The average molecular weight is 317 g/mol. The van der Waals surface area contributed by atoms with Crippen molar-refractivity contribution in [3.05, 3.63) is 0 Å². The van der Waals surface area contributed by atoms with E-state index in [0.717, 1.165) is 38.4 Å². The van der Waals surface area contributed by atoms with Crippen molar-refractivity contribution in [3.63, 3.8) is 0 Å². The van der Waals surface area contributed by atoms with E-state index in [9.17, 15) is 4.79 Å². The van der Waals surface area contributed by atoms with Gasteiger partial charge in [-0.3, -0.25) is 4.79 Å². The number of ether oxygens (including phenoxy) is 1. The van der Waals surface area contributed by atoms with E-state index in [1.165, 1.54) is 25.7 Å². The lowest BCUT2D eigenvalue weighted by Gasteiger charge is -2.29. The molecule has 4 unspecified atom stereocenters. The van der Waals surface area contributed by atoms with Crippen molar-refractivity contribution in [2.45, 2.75) is 70.0 Å². The molecular formula is C16H29ClN2O2. The Hall–Kier alpha value is -0.320. The molecule has 0 aromatic carbocycles. The summed E-state index contributed by atoms with van der Waals surface area (Å²) < 4.78 is 5.39. The highest BCUT2D eigenvalue weighted by Crippen LogP contribution is 2.33. The lowest BCUT2D eigenvalue weighted by Crippen LogP contribution is -2.48. The molecule has 1 aliphatic carbocycles. The maximum Gasteiger partial charge on any atom is 0.237 e. The predicted octanol–water partition coefficient (Wildman–Crippen LogP) is 2.26. The molecule has 0 aromatic heterocycles. The SMILES string of the molecule is CC(NC(=O)C1CC2CCCCC2N1)C1CCOCC1.Cl. The summed E-state index contributed by atoms with van der Waals surface area (Å²) in [6, 6.07) is 0.916. The van der Waals surface area contributed by atoms with Crippen LogP contribution in [0.2, 0.25) is 0 Å². The van der Waals surface area contributed by atoms with E-state index in [-0.39, 0.29) is 30.4 Å². The Balaban J connectivity index is 0.00000161. The van der Waals surface area contributed by atoms with Crippen LogP contribution in [0.1, 0.15) is 51.9 Å². The molecule has 0 aromatic rings. The second-order valence-electron chi connectivity index (χ2n) is 6.85. The summed E-state index contributed by atoms with van der Waals surface area (Å²) in [6.07, 6.45) is 8.41. The third kappa shape index (κ3) is 4.11. The van der Waals surface area contributed by atoms with Gasteiger partial charge in [-0.25, -0.2) is 0 Å². The number of rotatable bonds is 3. The van der Waals surface area contributed by atoms with Crippen LogP contribution in [0.4, 0.5) is 0 Å². The maximum atomic E-state index is 12.4. The zero-order valence-electron chi connectivity index (χ0n) is 13.0. The minimum Gasteiger partial charge on any atom is -0.381 e. The van der Waals surface area contributed by atoms with Crippen LogP contribution < -0.4 is 10.6 Å². The Morgan fingerprint density at radius 3 is 2.62 bits per heavy atom. The quantitative estimate of drug-likeness (QED) is 0.839. The van der Waals surface area contributed by atoms with Gasteiger partial charge in [0.1, 0.15) is 0 Å². The largest absolute Gasteiger partial charge is 0.381 e. The second-order valence-corrected chi connectivity index (χ2v) is 6.85.